The molecular formula is C26H27NO4S. The van der Waals surface area contributed by atoms with E-state index in [9.17, 15) is 4.79 Å². The number of anilines is 2. The Morgan fingerprint density at radius 1 is 1.00 bits per heavy atom. The Balaban J connectivity index is 1.78. The Labute approximate surface area is 193 Å². The minimum atomic E-state index is -0.638. The summed E-state index contributed by atoms with van der Waals surface area (Å²) in [5, 5.41) is 0. The molecular weight excluding hydrogens is 422 g/mol. The van der Waals surface area contributed by atoms with E-state index in [0.29, 0.717) is 13.0 Å². The number of methoxy groups -OCH3 is 2. The van der Waals surface area contributed by atoms with Crippen LogP contribution in [0.1, 0.15) is 12.5 Å². The van der Waals surface area contributed by atoms with Gasteiger partial charge >= 0.3 is 5.97 Å². The smallest absolute Gasteiger partial charge is 0.335 e. The number of para-hydroxylation sites is 2. The lowest BCUT2D eigenvalue weighted by atomic mass is 9.97. The van der Waals surface area contributed by atoms with Crippen LogP contribution in [0, 0.1) is 0 Å². The second-order valence-electron chi connectivity index (χ2n) is 7.49. The lowest BCUT2D eigenvalue weighted by molar-refractivity contribution is -0.153. The Morgan fingerprint density at radius 3 is 2.53 bits per heavy atom. The molecule has 1 unspecified atom stereocenters. The average Bonchev–Trinajstić information content (AvgIpc) is 2.83. The molecule has 0 aromatic heterocycles. The maximum atomic E-state index is 12.2. The maximum Gasteiger partial charge on any atom is 0.335 e. The van der Waals surface area contributed by atoms with E-state index in [1.165, 1.54) is 22.6 Å². The quantitative estimate of drug-likeness (QED) is 0.430. The van der Waals surface area contributed by atoms with Gasteiger partial charge in [0.25, 0.3) is 0 Å². The second kappa shape index (κ2) is 9.67. The van der Waals surface area contributed by atoms with Crippen LogP contribution < -0.4 is 9.64 Å². The summed E-state index contributed by atoms with van der Waals surface area (Å²) in [6.45, 7) is 2.31. The zero-order valence-corrected chi connectivity index (χ0v) is 19.6. The number of benzene rings is 3. The highest BCUT2D eigenvalue weighted by Gasteiger charge is 2.26. The molecule has 166 valence electrons. The normalized spacial score (nSPS) is 13.2. The lowest BCUT2D eigenvalue weighted by Crippen LogP contribution is -2.28. The fourth-order valence-corrected chi connectivity index (χ4v) is 5.26. The van der Waals surface area contributed by atoms with E-state index in [1.54, 1.807) is 18.9 Å². The van der Waals surface area contributed by atoms with E-state index in [-0.39, 0.29) is 5.97 Å². The number of carbonyl (C=O) groups excluding carboxylic acids is 1. The van der Waals surface area contributed by atoms with Gasteiger partial charge in [-0.15, -0.1) is 0 Å². The summed E-state index contributed by atoms with van der Waals surface area (Å²) < 4.78 is 16.3. The molecule has 32 heavy (non-hydrogen) atoms. The molecule has 3 aromatic carbocycles. The highest BCUT2D eigenvalue weighted by molar-refractivity contribution is 7.99. The summed E-state index contributed by atoms with van der Waals surface area (Å²) in [6.07, 6.45) is -0.207. The van der Waals surface area contributed by atoms with E-state index in [0.717, 1.165) is 28.1 Å². The molecule has 0 aliphatic carbocycles. The Kier molecular flexibility index (Phi) is 6.72. The molecule has 5 nitrogen and oxygen atoms in total. The molecule has 0 radical (unpaired) electrons. The number of rotatable bonds is 7. The van der Waals surface area contributed by atoms with Crippen molar-refractivity contribution in [2.45, 2.75) is 29.2 Å². The third-order valence-corrected chi connectivity index (χ3v) is 6.70. The van der Waals surface area contributed by atoms with Crippen molar-refractivity contribution in [1.82, 2.24) is 0 Å². The predicted molar refractivity (Wildman–Crippen MR) is 128 cm³/mol. The molecule has 1 heterocycles. The van der Waals surface area contributed by atoms with Crippen LogP contribution in [0.4, 0.5) is 11.4 Å². The van der Waals surface area contributed by atoms with Gasteiger partial charge in [-0.1, -0.05) is 42.1 Å². The molecule has 1 atom stereocenters. The Morgan fingerprint density at radius 2 is 1.78 bits per heavy atom. The predicted octanol–water partition coefficient (Wildman–Crippen LogP) is 5.72. The molecule has 0 saturated heterocycles. The fraction of sp³-hybridized carbons (Fsp3) is 0.269. The minimum Gasteiger partial charge on any atom is -0.496 e. The molecule has 6 heteroatoms. The molecule has 0 amide bonds. The lowest BCUT2D eigenvalue weighted by Gasteiger charge is -2.31. The number of carbonyl (C=O) groups is 1. The van der Waals surface area contributed by atoms with Gasteiger partial charge in [-0.3, -0.25) is 0 Å². The van der Waals surface area contributed by atoms with Gasteiger partial charge in [0, 0.05) is 41.0 Å². The van der Waals surface area contributed by atoms with Gasteiger partial charge < -0.3 is 19.1 Å². The van der Waals surface area contributed by atoms with E-state index in [4.69, 9.17) is 14.2 Å². The molecule has 1 aliphatic rings. The van der Waals surface area contributed by atoms with Crippen LogP contribution in [-0.4, -0.2) is 39.9 Å². The van der Waals surface area contributed by atoms with Crippen LogP contribution in [0.25, 0.3) is 11.1 Å². The molecule has 0 saturated carbocycles. The average molecular weight is 450 g/mol. The standard InChI is InChI=1S/C26H27NO4S/c1-5-31-22(26(28)30-4)16-17-13-14-21(29-3)19(15-17)18-9-8-12-24-25(18)27(2)20-10-6-7-11-23(20)32-24/h6-15,22H,5,16H2,1-4H3. The van der Waals surface area contributed by atoms with Crippen molar-refractivity contribution in [3.05, 3.63) is 66.2 Å². The van der Waals surface area contributed by atoms with Crippen LogP contribution in [-0.2, 0) is 20.7 Å². The first-order valence-corrected chi connectivity index (χ1v) is 11.4. The van der Waals surface area contributed by atoms with Crippen molar-refractivity contribution in [1.29, 1.82) is 0 Å². The second-order valence-corrected chi connectivity index (χ2v) is 8.57. The number of hydrogen-bond acceptors (Lipinski definition) is 6. The third-order valence-electron chi connectivity index (χ3n) is 5.59. The molecule has 1 aliphatic heterocycles. The molecule has 0 bridgehead atoms. The highest BCUT2D eigenvalue weighted by atomic mass is 32.2. The number of hydrogen-bond donors (Lipinski definition) is 0. The summed E-state index contributed by atoms with van der Waals surface area (Å²) in [4.78, 5) is 16.8. The monoisotopic (exact) mass is 449 g/mol. The van der Waals surface area contributed by atoms with Crippen molar-refractivity contribution >= 4 is 29.1 Å². The number of esters is 1. The third kappa shape index (κ3) is 4.20. The first kappa shape index (κ1) is 22.2. The largest absolute Gasteiger partial charge is 0.496 e. The van der Waals surface area contributed by atoms with Gasteiger partial charge in [-0.2, -0.15) is 0 Å². The molecule has 0 N–H and O–H groups in total. The van der Waals surface area contributed by atoms with Crippen molar-refractivity contribution < 1.29 is 19.0 Å². The van der Waals surface area contributed by atoms with Crippen LogP contribution in [0.3, 0.4) is 0 Å². The molecule has 3 aromatic rings. The van der Waals surface area contributed by atoms with Gasteiger partial charge in [-0.05, 0) is 42.8 Å². The van der Waals surface area contributed by atoms with Crippen LogP contribution in [0.5, 0.6) is 5.75 Å². The highest BCUT2D eigenvalue weighted by Crippen LogP contribution is 2.51. The van der Waals surface area contributed by atoms with Crippen molar-refractivity contribution in [3.63, 3.8) is 0 Å². The topological polar surface area (TPSA) is 48.0 Å². The van der Waals surface area contributed by atoms with Gasteiger partial charge in [0.1, 0.15) is 5.75 Å². The SMILES string of the molecule is CCOC(Cc1ccc(OC)c(-c2cccc3c2N(C)c2ccccc2S3)c1)C(=O)OC. The summed E-state index contributed by atoms with van der Waals surface area (Å²) >= 11 is 1.77. The van der Waals surface area contributed by atoms with Crippen molar-refractivity contribution in [2.24, 2.45) is 0 Å². The first-order valence-electron chi connectivity index (χ1n) is 10.6. The molecule has 0 fully saturated rings. The van der Waals surface area contributed by atoms with Gasteiger partial charge in [0.05, 0.1) is 25.6 Å². The Bertz CT molecular complexity index is 1130. The van der Waals surface area contributed by atoms with Gasteiger partial charge in [-0.25, -0.2) is 4.79 Å². The number of ether oxygens (including phenoxy) is 3. The Hall–Kier alpha value is -2.96. The summed E-state index contributed by atoms with van der Waals surface area (Å²) in [6, 6.07) is 20.8. The maximum absolute atomic E-state index is 12.2. The first-order chi connectivity index (χ1) is 15.6. The summed E-state index contributed by atoms with van der Waals surface area (Å²) in [7, 11) is 5.16. The van der Waals surface area contributed by atoms with Crippen LogP contribution in [0.2, 0.25) is 0 Å². The molecule has 0 spiro atoms. The summed E-state index contributed by atoms with van der Waals surface area (Å²) in [5.41, 5.74) is 5.36. The van der Waals surface area contributed by atoms with E-state index in [1.807, 2.05) is 19.1 Å². The minimum absolute atomic E-state index is 0.367. The molecule has 4 rings (SSSR count). The van der Waals surface area contributed by atoms with Crippen molar-refractivity contribution in [2.75, 3.05) is 32.8 Å². The van der Waals surface area contributed by atoms with Crippen LogP contribution in [0.15, 0.2) is 70.5 Å². The number of nitrogens with zero attached hydrogens (tertiary/aromatic N) is 1. The van der Waals surface area contributed by atoms with E-state index >= 15 is 0 Å². The zero-order chi connectivity index (χ0) is 22.7. The van der Waals surface area contributed by atoms with Gasteiger partial charge in [0.2, 0.25) is 0 Å². The van der Waals surface area contributed by atoms with E-state index in [2.05, 4.69) is 60.5 Å². The zero-order valence-electron chi connectivity index (χ0n) is 18.8. The number of fused-ring (bicyclic) bond motifs is 2. The van der Waals surface area contributed by atoms with Crippen molar-refractivity contribution in [3.8, 4) is 16.9 Å². The fourth-order valence-electron chi connectivity index (χ4n) is 4.08. The van der Waals surface area contributed by atoms with E-state index < -0.39 is 6.10 Å². The summed E-state index contributed by atoms with van der Waals surface area (Å²) in [5.74, 6) is 0.416. The van der Waals surface area contributed by atoms with Crippen LogP contribution >= 0.6 is 11.8 Å². The van der Waals surface area contributed by atoms with Gasteiger partial charge in [0.15, 0.2) is 6.10 Å².